The molecule has 0 spiro atoms. The molecule has 0 amide bonds. The van der Waals surface area contributed by atoms with Gasteiger partial charge in [0.25, 0.3) is 0 Å². The highest BCUT2D eigenvalue weighted by Gasteiger charge is 2.19. The van der Waals surface area contributed by atoms with Crippen LogP contribution in [0.2, 0.25) is 0 Å². The van der Waals surface area contributed by atoms with Crippen LogP contribution in [0.15, 0.2) is 12.2 Å². The number of ether oxygens (including phenoxy) is 3. The molecule has 6 nitrogen and oxygen atoms in total. The Balaban J connectivity index is 3.87. The maximum atomic E-state index is 12.8. The van der Waals surface area contributed by atoms with Crippen molar-refractivity contribution in [2.24, 2.45) is 0 Å². The Morgan fingerprint density at radius 3 is 0.649 bits per heavy atom. The van der Waals surface area contributed by atoms with Gasteiger partial charge in [0.15, 0.2) is 6.10 Å². The summed E-state index contributed by atoms with van der Waals surface area (Å²) in [6.07, 6.45) is 80.2. The summed E-state index contributed by atoms with van der Waals surface area (Å²) >= 11 is 0. The van der Waals surface area contributed by atoms with Gasteiger partial charge in [-0.2, -0.15) is 0 Å². The summed E-state index contributed by atoms with van der Waals surface area (Å²) in [5.41, 5.74) is 0. The zero-order chi connectivity index (χ0) is 55.7. The largest absolute Gasteiger partial charge is 0.462 e. The zero-order valence-corrected chi connectivity index (χ0v) is 52.5. The fourth-order valence-electron chi connectivity index (χ4n) is 11.0. The van der Waals surface area contributed by atoms with Crippen LogP contribution in [0, 0.1) is 0 Å². The standard InChI is InChI=1S/C71H136O6/c1-4-7-10-13-16-18-20-22-24-26-28-29-30-31-32-33-34-35-36-37-38-39-40-41-42-43-44-46-47-49-51-53-55-58-61-64-70(73)76-67-68(66-75-69(72)63-60-57-15-12-9-6-3)77-71(74)65-62-59-56-54-52-50-48-45-27-25-23-21-19-17-14-11-8-5-2/h25,27,68H,4-24,26,28-67H2,1-3H3/b27-25-. The molecule has 0 aromatic rings. The van der Waals surface area contributed by atoms with Crippen LogP contribution in [0.25, 0.3) is 0 Å². The van der Waals surface area contributed by atoms with E-state index in [1.165, 1.54) is 308 Å². The Hall–Kier alpha value is -1.85. The molecule has 0 N–H and O–H groups in total. The lowest BCUT2D eigenvalue weighted by molar-refractivity contribution is -0.167. The van der Waals surface area contributed by atoms with Crippen LogP contribution >= 0.6 is 0 Å². The molecule has 0 fully saturated rings. The van der Waals surface area contributed by atoms with Crippen molar-refractivity contribution < 1.29 is 28.6 Å². The fraction of sp³-hybridized carbons (Fsp3) is 0.930. The van der Waals surface area contributed by atoms with Gasteiger partial charge in [0.1, 0.15) is 13.2 Å². The molecule has 456 valence electrons. The lowest BCUT2D eigenvalue weighted by Crippen LogP contribution is -2.30. The molecule has 0 aliphatic heterocycles. The Morgan fingerprint density at radius 2 is 0.429 bits per heavy atom. The van der Waals surface area contributed by atoms with Crippen molar-refractivity contribution in [1.29, 1.82) is 0 Å². The van der Waals surface area contributed by atoms with Crippen LogP contribution in [-0.2, 0) is 28.6 Å². The molecule has 0 heterocycles. The van der Waals surface area contributed by atoms with Gasteiger partial charge < -0.3 is 14.2 Å². The molecule has 77 heavy (non-hydrogen) atoms. The second-order valence-corrected chi connectivity index (χ2v) is 24.2. The van der Waals surface area contributed by atoms with Gasteiger partial charge in [0.2, 0.25) is 0 Å². The Morgan fingerprint density at radius 1 is 0.247 bits per heavy atom. The first-order chi connectivity index (χ1) is 38.0. The van der Waals surface area contributed by atoms with Crippen molar-refractivity contribution in [2.75, 3.05) is 13.2 Å². The van der Waals surface area contributed by atoms with Crippen LogP contribution < -0.4 is 0 Å². The summed E-state index contributed by atoms with van der Waals surface area (Å²) in [6, 6.07) is 0. The van der Waals surface area contributed by atoms with Crippen LogP contribution in [0.3, 0.4) is 0 Å². The third-order valence-electron chi connectivity index (χ3n) is 16.3. The highest BCUT2D eigenvalue weighted by Crippen LogP contribution is 2.19. The van der Waals surface area contributed by atoms with E-state index in [1.54, 1.807) is 0 Å². The van der Waals surface area contributed by atoms with E-state index in [1.807, 2.05) is 0 Å². The second kappa shape index (κ2) is 66.7. The smallest absolute Gasteiger partial charge is 0.306 e. The summed E-state index contributed by atoms with van der Waals surface area (Å²) in [5, 5.41) is 0. The van der Waals surface area contributed by atoms with E-state index in [0.29, 0.717) is 19.3 Å². The summed E-state index contributed by atoms with van der Waals surface area (Å²) in [6.45, 7) is 6.65. The topological polar surface area (TPSA) is 78.9 Å². The van der Waals surface area contributed by atoms with Crippen molar-refractivity contribution in [2.45, 2.75) is 412 Å². The number of hydrogen-bond donors (Lipinski definition) is 0. The van der Waals surface area contributed by atoms with Crippen molar-refractivity contribution in [3.05, 3.63) is 12.2 Å². The molecule has 6 heteroatoms. The normalized spacial score (nSPS) is 12.0. The van der Waals surface area contributed by atoms with E-state index in [4.69, 9.17) is 14.2 Å². The van der Waals surface area contributed by atoms with E-state index in [-0.39, 0.29) is 31.1 Å². The number of hydrogen-bond acceptors (Lipinski definition) is 6. The van der Waals surface area contributed by atoms with E-state index >= 15 is 0 Å². The molecule has 0 radical (unpaired) electrons. The molecule has 0 saturated carbocycles. The minimum absolute atomic E-state index is 0.0666. The maximum Gasteiger partial charge on any atom is 0.306 e. The number of carbonyl (C=O) groups excluding carboxylic acids is 3. The molecule has 0 rings (SSSR count). The third kappa shape index (κ3) is 64.9. The van der Waals surface area contributed by atoms with E-state index in [0.717, 1.165) is 57.8 Å². The molecule has 0 aliphatic carbocycles. The van der Waals surface area contributed by atoms with E-state index < -0.39 is 6.10 Å². The number of allylic oxidation sites excluding steroid dienone is 2. The average Bonchev–Trinajstić information content (AvgIpc) is 3.43. The molecular weight excluding hydrogens is 949 g/mol. The van der Waals surface area contributed by atoms with Crippen molar-refractivity contribution >= 4 is 17.9 Å². The lowest BCUT2D eigenvalue weighted by atomic mass is 10.0. The molecule has 1 unspecified atom stereocenters. The molecule has 0 aliphatic rings. The molecule has 1 atom stereocenters. The number of esters is 3. The molecule has 0 saturated heterocycles. The van der Waals surface area contributed by atoms with Gasteiger partial charge in [-0.05, 0) is 44.9 Å². The highest BCUT2D eigenvalue weighted by molar-refractivity contribution is 5.71. The first kappa shape index (κ1) is 75.2. The predicted octanol–water partition coefficient (Wildman–Crippen LogP) is 24.0. The van der Waals surface area contributed by atoms with Gasteiger partial charge >= 0.3 is 17.9 Å². The fourth-order valence-corrected chi connectivity index (χ4v) is 11.0. The molecule has 0 aromatic heterocycles. The summed E-state index contributed by atoms with van der Waals surface area (Å²) in [7, 11) is 0. The van der Waals surface area contributed by atoms with Crippen molar-refractivity contribution in [3.8, 4) is 0 Å². The summed E-state index contributed by atoms with van der Waals surface area (Å²) < 4.78 is 16.8. The monoisotopic (exact) mass is 1090 g/mol. The average molecular weight is 1090 g/mol. The van der Waals surface area contributed by atoms with Crippen LogP contribution in [0.5, 0.6) is 0 Å². The highest BCUT2D eigenvalue weighted by atomic mass is 16.6. The van der Waals surface area contributed by atoms with Crippen LogP contribution in [-0.4, -0.2) is 37.2 Å². The third-order valence-corrected chi connectivity index (χ3v) is 16.3. The molecule has 0 bridgehead atoms. The first-order valence-corrected chi connectivity index (χ1v) is 35.2. The van der Waals surface area contributed by atoms with Crippen molar-refractivity contribution in [1.82, 2.24) is 0 Å². The lowest BCUT2D eigenvalue weighted by Gasteiger charge is -2.18. The Kier molecular flexibility index (Phi) is 65.1. The Bertz CT molecular complexity index is 1200. The Labute approximate surface area is 481 Å². The van der Waals surface area contributed by atoms with Gasteiger partial charge in [-0.15, -0.1) is 0 Å². The minimum atomic E-state index is -0.766. The van der Waals surface area contributed by atoms with Crippen LogP contribution in [0.4, 0.5) is 0 Å². The van der Waals surface area contributed by atoms with Gasteiger partial charge in [0, 0.05) is 19.3 Å². The van der Waals surface area contributed by atoms with Gasteiger partial charge in [-0.3, -0.25) is 14.4 Å². The van der Waals surface area contributed by atoms with E-state index in [2.05, 4.69) is 32.9 Å². The maximum absolute atomic E-state index is 12.8. The summed E-state index contributed by atoms with van der Waals surface area (Å²) in [5.74, 6) is -0.855. The number of unbranched alkanes of at least 4 members (excludes halogenated alkanes) is 53. The first-order valence-electron chi connectivity index (χ1n) is 35.2. The molecular formula is C71H136O6. The van der Waals surface area contributed by atoms with Gasteiger partial charge in [-0.1, -0.05) is 354 Å². The molecule has 0 aromatic carbocycles. The second-order valence-electron chi connectivity index (χ2n) is 24.2. The van der Waals surface area contributed by atoms with E-state index in [9.17, 15) is 14.4 Å². The minimum Gasteiger partial charge on any atom is -0.462 e. The van der Waals surface area contributed by atoms with Gasteiger partial charge in [0.05, 0.1) is 0 Å². The summed E-state index contributed by atoms with van der Waals surface area (Å²) in [4.78, 5) is 38.0. The predicted molar refractivity (Wildman–Crippen MR) is 335 cm³/mol. The SMILES string of the molecule is CCCCCCCCC/C=C\CCCCCCCCCC(=O)OC(COC(=O)CCCCCCCC)COC(=O)CCCCCCCCCCCCCCCCCCCCCCCCCCCCCCCCCCCCC. The number of carbonyl (C=O) groups is 3. The zero-order valence-electron chi connectivity index (χ0n) is 52.5. The van der Waals surface area contributed by atoms with Crippen molar-refractivity contribution in [3.63, 3.8) is 0 Å². The van der Waals surface area contributed by atoms with Crippen LogP contribution in [0.1, 0.15) is 406 Å². The number of rotatable bonds is 66. The van der Waals surface area contributed by atoms with Gasteiger partial charge in [-0.25, -0.2) is 0 Å². The quantitative estimate of drug-likeness (QED) is 0.0261.